The van der Waals surface area contributed by atoms with Crippen LogP contribution in [0.4, 0.5) is 17.6 Å². The van der Waals surface area contributed by atoms with Gasteiger partial charge in [0.15, 0.2) is 0 Å². The Morgan fingerprint density at radius 2 is 0.500 bits per heavy atom. The number of benzene rings is 4. The molecule has 5 aliphatic heterocycles. The summed E-state index contributed by atoms with van der Waals surface area (Å²) in [7, 11) is -20.8. The van der Waals surface area contributed by atoms with E-state index in [1.54, 1.807) is 0 Å². The molecule has 344 valence electrons. The monoisotopic (exact) mass is 1000 g/mol. The summed E-state index contributed by atoms with van der Waals surface area (Å²) in [6.45, 7) is 0. The van der Waals surface area contributed by atoms with E-state index < -0.39 is 83.3 Å². The molecule has 0 spiro atoms. The predicted molar refractivity (Wildman–Crippen MR) is 239 cm³/mol. The number of aliphatic imine (C=N–C) groups is 4. The van der Waals surface area contributed by atoms with Crippen molar-refractivity contribution < 1.29 is 69.4 Å². The molecule has 0 saturated heterocycles. The van der Waals surface area contributed by atoms with Gasteiger partial charge in [-0.1, -0.05) is 24.3 Å². The topological polar surface area (TPSA) is 267 Å². The van der Waals surface area contributed by atoms with E-state index in [-0.39, 0.29) is 90.2 Å². The Morgan fingerprint density at radius 1 is 0.309 bits per heavy atom. The fraction of sp³-hybridized carbons (Fsp3) is 0. The normalized spacial score (nSPS) is 17.2. The van der Waals surface area contributed by atoms with E-state index in [1.807, 2.05) is 0 Å². The lowest BCUT2D eigenvalue weighted by molar-refractivity contribution is 0.470. The van der Waals surface area contributed by atoms with Crippen LogP contribution in [0.3, 0.4) is 0 Å². The molecular formula is C44H24F4N4O12S4. The second kappa shape index (κ2) is 16.3. The summed E-state index contributed by atoms with van der Waals surface area (Å²) in [5.41, 5.74) is -0.954. The van der Waals surface area contributed by atoms with Crippen molar-refractivity contribution >= 4 is 85.6 Å². The Balaban J connectivity index is 1.42. The van der Waals surface area contributed by atoms with Crippen molar-refractivity contribution in [2.24, 2.45) is 20.0 Å². The highest BCUT2D eigenvalue weighted by Gasteiger charge is 2.31. The first-order valence-electron chi connectivity index (χ1n) is 19.0. The predicted octanol–water partition coefficient (Wildman–Crippen LogP) is 7.23. The van der Waals surface area contributed by atoms with Crippen LogP contribution in [-0.4, -0.2) is 74.7 Å². The van der Waals surface area contributed by atoms with Gasteiger partial charge in [0.2, 0.25) is 0 Å². The molecule has 4 aromatic carbocycles. The van der Waals surface area contributed by atoms with Crippen LogP contribution in [0.2, 0.25) is 0 Å². The standard InChI is InChI=1S/C44H24F4N4O12S4/c45-25-5-1-21(17-37(25)65(53,54)55)41-29-9-11-31(49-29)42(22-2-6-26(46)38(18-22)66(56,57)58)33-13-15-35(51-33)44(24-4-8-28(48)40(20-24)68(62,63)64)36-16-14-34(52-36)43(32-12-10-30(41)50-32)23-3-7-27(47)39(19-23)67(59,60)61/h1-20H,(H,53,54,55)(H,56,57,58)(H,59,60,61)(H,62,63,64). The minimum Gasteiger partial charge on any atom is -0.282 e. The van der Waals surface area contributed by atoms with Gasteiger partial charge in [0.25, 0.3) is 40.5 Å². The Kier molecular flexibility index (Phi) is 11.0. The molecule has 0 aliphatic carbocycles. The van der Waals surface area contributed by atoms with Gasteiger partial charge in [-0.3, -0.25) is 18.2 Å². The summed E-state index contributed by atoms with van der Waals surface area (Å²) in [5.74, 6) is -5.32. The Labute approximate surface area is 382 Å². The molecule has 0 saturated carbocycles. The summed E-state index contributed by atoms with van der Waals surface area (Å²) < 4.78 is 198. The van der Waals surface area contributed by atoms with Crippen LogP contribution in [0.15, 0.2) is 184 Å². The minimum absolute atomic E-state index is 0.0393. The number of fused-ring (bicyclic) bond motifs is 4. The molecule has 4 aromatic rings. The maximum absolute atomic E-state index is 15.0. The van der Waals surface area contributed by atoms with Crippen molar-refractivity contribution in [1.29, 1.82) is 0 Å². The van der Waals surface area contributed by atoms with Crippen molar-refractivity contribution in [3.63, 3.8) is 0 Å². The molecule has 68 heavy (non-hydrogen) atoms. The first kappa shape index (κ1) is 46.0. The number of halogens is 4. The van der Waals surface area contributed by atoms with Crippen LogP contribution in [0.5, 0.6) is 0 Å². The zero-order valence-corrected chi connectivity index (χ0v) is 36.8. The molecule has 0 aromatic heterocycles. The molecule has 5 heterocycles. The van der Waals surface area contributed by atoms with Crippen LogP contribution >= 0.6 is 0 Å². The summed E-state index contributed by atoms with van der Waals surface area (Å²) in [6.07, 6.45) is 11.0. The van der Waals surface area contributed by atoms with E-state index in [4.69, 9.17) is 20.0 Å². The smallest absolute Gasteiger partial charge is 0.282 e. The summed E-state index contributed by atoms with van der Waals surface area (Å²) in [6, 6.07) is 10.7. The van der Waals surface area contributed by atoms with E-state index in [1.165, 1.54) is 48.6 Å². The maximum atomic E-state index is 15.0. The highest BCUT2D eigenvalue weighted by Crippen LogP contribution is 2.40. The average Bonchev–Trinajstić information content (AvgIpc) is 4.09. The largest absolute Gasteiger partial charge is 0.297 e. The lowest BCUT2D eigenvalue weighted by Crippen LogP contribution is -2.07. The van der Waals surface area contributed by atoms with Crippen LogP contribution in [0, 0.1) is 23.3 Å². The van der Waals surface area contributed by atoms with E-state index in [0.717, 1.165) is 72.8 Å². The number of allylic oxidation sites excluding steroid dienone is 12. The lowest BCUT2D eigenvalue weighted by atomic mass is 9.98. The fourth-order valence-corrected chi connectivity index (χ4v) is 10.1. The van der Waals surface area contributed by atoms with E-state index >= 15 is 0 Å². The molecule has 24 heteroatoms. The van der Waals surface area contributed by atoms with Gasteiger partial charge in [-0.05, 0) is 119 Å². The highest BCUT2D eigenvalue weighted by molar-refractivity contribution is 7.86. The SMILES string of the molecule is O=S(=O)(O)c1cc(C2=C3C=CC(=N3)C(c3ccc(F)c(S(=O)(=O)O)c3)=C3C=CC(=N3)C(c3ccc(F)c(S(=O)(=O)O)c3)=C3C=CC(=N3)C(c3ccc(F)c(S(=O)(=O)O)c3)=C3C=CC2=N3)ccc1F. The van der Waals surface area contributed by atoms with Crippen molar-refractivity contribution in [2.75, 3.05) is 0 Å². The molecule has 4 N–H and O–H groups in total. The number of nitrogens with zero attached hydrogens (tertiary/aromatic N) is 4. The van der Waals surface area contributed by atoms with Crippen molar-refractivity contribution in [3.05, 3.63) is 190 Å². The highest BCUT2D eigenvalue weighted by atomic mass is 32.2. The molecule has 0 fully saturated rings. The molecule has 9 rings (SSSR count). The quantitative estimate of drug-likeness (QED) is 0.101. The van der Waals surface area contributed by atoms with Gasteiger partial charge in [0.05, 0.1) is 45.6 Å². The molecule has 0 atom stereocenters. The lowest BCUT2D eigenvalue weighted by Gasteiger charge is -2.14. The minimum atomic E-state index is -5.19. The van der Waals surface area contributed by atoms with Gasteiger partial charge < -0.3 is 0 Å². The molecule has 5 aliphatic rings. The van der Waals surface area contributed by atoms with Crippen LogP contribution < -0.4 is 0 Å². The molecule has 8 bridgehead atoms. The van der Waals surface area contributed by atoms with Gasteiger partial charge in [-0.25, -0.2) is 37.5 Å². The molecule has 0 unspecified atom stereocenters. The van der Waals surface area contributed by atoms with Crippen molar-refractivity contribution in [1.82, 2.24) is 0 Å². The first-order chi connectivity index (χ1) is 31.9. The van der Waals surface area contributed by atoms with E-state index in [9.17, 15) is 69.4 Å². The van der Waals surface area contributed by atoms with Gasteiger partial charge in [0.1, 0.15) is 42.9 Å². The zero-order valence-electron chi connectivity index (χ0n) is 33.5. The van der Waals surface area contributed by atoms with Gasteiger partial charge in [0, 0.05) is 22.3 Å². The molecule has 16 nitrogen and oxygen atoms in total. The average molecular weight is 1000 g/mol. The Bertz CT molecular complexity index is 3430. The second-order valence-electron chi connectivity index (χ2n) is 14.8. The Hall–Kier alpha value is -7.16. The summed E-state index contributed by atoms with van der Waals surface area (Å²) in [4.78, 5) is 14.4. The number of hydrogen-bond acceptors (Lipinski definition) is 12. The number of hydrogen-bond donors (Lipinski definition) is 4. The summed E-state index contributed by atoms with van der Waals surface area (Å²) in [5, 5.41) is 0. The second-order valence-corrected chi connectivity index (χ2v) is 20.4. The third kappa shape index (κ3) is 8.43. The van der Waals surface area contributed by atoms with Crippen LogP contribution in [0.1, 0.15) is 22.3 Å². The van der Waals surface area contributed by atoms with Crippen molar-refractivity contribution in [3.8, 4) is 0 Å². The summed E-state index contributed by atoms with van der Waals surface area (Å²) >= 11 is 0. The molecule has 0 amide bonds. The Morgan fingerprint density at radius 3 is 0.676 bits per heavy atom. The van der Waals surface area contributed by atoms with Gasteiger partial charge >= 0.3 is 0 Å². The maximum Gasteiger partial charge on any atom is 0.297 e. The van der Waals surface area contributed by atoms with Gasteiger partial charge in [-0.15, -0.1) is 0 Å². The fourth-order valence-electron chi connectivity index (χ4n) is 7.70. The van der Waals surface area contributed by atoms with E-state index in [2.05, 4.69) is 0 Å². The van der Waals surface area contributed by atoms with Crippen LogP contribution in [-0.2, 0) is 40.5 Å². The van der Waals surface area contributed by atoms with Crippen LogP contribution in [0.25, 0.3) is 22.3 Å². The number of rotatable bonds is 8. The third-order valence-electron chi connectivity index (χ3n) is 10.6. The first-order valence-corrected chi connectivity index (χ1v) is 24.8. The van der Waals surface area contributed by atoms with Gasteiger partial charge in [-0.2, -0.15) is 33.7 Å². The molecule has 0 radical (unpaired) electrons. The zero-order chi connectivity index (χ0) is 48.8. The van der Waals surface area contributed by atoms with E-state index in [0.29, 0.717) is 0 Å². The third-order valence-corrected chi connectivity index (χ3v) is 14.1. The molecular weight excluding hydrogens is 981 g/mol. The van der Waals surface area contributed by atoms with Crippen molar-refractivity contribution in [2.45, 2.75) is 19.6 Å².